The number of nitrogens with zero attached hydrogens (tertiary/aromatic N) is 5. The number of aromatic nitrogens is 5. The Bertz CT molecular complexity index is 1370. The number of imidazole rings is 1. The molecule has 4 rings (SSSR count). The lowest BCUT2D eigenvalue weighted by Gasteiger charge is -2.24. The molecule has 0 spiro atoms. The summed E-state index contributed by atoms with van der Waals surface area (Å²) in [5.74, 6) is 0.231. The topological polar surface area (TPSA) is 124 Å². The quantitative estimate of drug-likeness (QED) is 0.410. The van der Waals surface area contributed by atoms with E-state index in [-0.39, 0.29) is 23.9 Å². The fourth-order valence-electron chi connectivity index (χ4n) is 3.47. The monoisotopic (exact) mass is 487 g/mol. The van der Waals surface area contributed by atoms with Crippen molar-refractivity contribution in [2.75, 3.05) is 11.1 Å². The fraction of sp³-hybridized carbons (Fsp3) is 0.348. The van der Waals surface area contributed by atoms with Crippen molar-refractivity contribution in [2.45, 2.75) is 51.6 Å². The molecular weight excluding hydrogens is 463 g/mol. The van der Waals surface area contributed by atoms with Crippen LogP contribution in [0.3, 0.4) is 0 Å². The van der Waals surface area contributed by atoms with Crippen molar-refractivity contribution in [1.29, 1.82) is 0 Å². The van der Waals surface area contributed by atoms with Crippen LogP contribution in [0.1, 0.15) is 50.8 Å². The maximum atomic E-state index is 13.2. The van der Waals surface area contributed by atoms with Gasteiger partial charge in [-0.25, -0.2) is 14.5 Å². The second-order valence-electron chi connectivity index (χ2n) is 9.00. The molecule has 0 bridgehead atoms. The third-order valence-electron chi connectivity index (χ3n) is 5.70. The van der Waals surface area contributed by atoms with Gasteiger partial charge in [-0.2, -0.15) is 18.3 Å². The second-order valence-corrected chi connectivity index (χ2v) is 9.00. The standard InChI is InChI=1S/C23H24F3N7O2/c1-12(2)21-31-18(19-20(27)28-11-29-33(19)21)14-7-5-13(6-8-14)9-17(34)30-16-10-15(35-32-16)22(3,4)23(24,25)26/h5-8,10-12H,9H2,1-4H3,(H2,27,28,29)(H,30,32,34). The molecular formula is C23H24F3N7O2. The number of amides is 1. The predicted molar refractivity (Wildman–Crippen MR) is 123 cm³/mol. The zero-order chi connectivity index (χ0) is 25.5. The SMILES string of the molecule is CC(C)c1nc(-c2ccc(CC(=O)Nc3cc(C(C)(C)C(F)(F)F)on3)cc2)c2c(N)ncnn12. The van der Waals surface area contributed by atoms with Crippen LogP contribution in [0, 0.1) is 0 Å². The van der Waals surface area contributed by atoms with Crippen molar-refractivity contribution in [3.63, 3.8) is 0 Å². The molecule has 9 nitrogen and oxygen atoms in total. The summed E-state index contributed by atoms with van der Waals surface area (Å²) < 4.78 is 46.1. The van der Waals surface area contributed by atoms with E-state index in [9.17, 15) is 18.0 Å². The average Bonchev–Trinajstić information content (AvgIpc) is 3.39. The van der Waals surface area contributed by atoms with Crippen molar-refractivity contribution in [2.24, 2.45) is 0 Å². The van der Waals surface area contributed by atoms with Crippen LogP contribution < -0.4 is 11.1 Å². The van der Waals surface area contributed by atoms with E-state index < -0.39 is 17.5 Å². The molecule has 4 aromatic rings. The summed E-state index contributed by atoms with van der Waals surface area (Å²) in [5.41, 5.74) is 6.54. The number of alkyl halides is 3. The summed E-state index contributed by atoms with van der Waals surface area (Å²) in [4.78, 5) is 21.2. The van der Waals surface area contributed by atoms with Crippen molar-refractivity contribution in [3.8, 4) is 11.3 Å². The van der Waals surface area contributed by atoms with Crippen LogP contribution in [0.2, 0.25) is 0 Å². The number of nitrogens with two attached hydrogens (primary N) is 1. The molecule has 0 saturated heterocycles. The van der Waals surface area contributed by atoms with Gasteiger partial charge in [0, 0.05) is 17.5 Å². The number of benzene rings is 1. The van der Waals surface area contributed by atoms with Gasteiger partial charge in [-0.3, -0.25) is 4.79 Å². The van der Waals surface area contributed by atoms with Crippen LogP contribution in [0.25, 0.3) is 16.8 Å². The summed E-state index contributed by atoms with van der Waals surface area (Å²) >= 11 is 0. The minimum absolute atomic E-state index is 0.0163. The number of hydrogen-bond donors (Lipinski definition) is 2. The van der Waals surface area contributed by atoms with E-state index in [0.29, 0.717) is 22.6 Å². The molecule has 0 radical (unpaired) electrons. The van der Waals surface area contributed by atoms with Crippen molar-refractivity contribution < 1.29 is 22.5 Å². The van der Waals surface area contributed by atoms with Gasteiger partial charge in [-0.15, -0.1) is 0 Å². The van der Waals surface area contributed by atoms with Crippen molar-refractivity contribution in [3.05, 3.63) is 53.8 Å². The maximum Gasteiger partial charge on any atom is 0.401 e. The third kappa shape index (κ3) is 4.55. The van der Waals surface area contributed by atoms with E-state index in [4.69, 9.17) is 15.2 Å². The van der Waals surface area contributed by atoms with Crippen LogP contribution in [0.4, 0.5) is 24.8 Å². The van der Waals surface area contributed by atoms with E-state index in [0.717, 1.165) is 31.3 Å². The van der Waals surface area contributed by atoms with E-state index in [1.165, 1.54) is 6.33 Å². The first kappa shape index (κ1) is 24.2. The molecule has 3 aromatic heterocycles. The molecule has 0 aliphatic rings. The summed E-state index contributed by atoms with van der Waals surface area (Å²) in [5, 5.41) is 10.3. The molecule has 0 atom stereocenters. The third-order valence-corrected chi connectivity index (χ3v) is 5.70. The van der Waals surface area contributed by atoms with Gasteiger partial charge in [0.2, 0.25) is 5.91 Å². The number of carbonyl (C=O) groups is 1. The van der Waals surface area contributed by atoms with E-state index >= 15 is 0 Å². The van der Waals surface area contributed by atoms with E-state index in [1.54, 1.807) is 16.6 Å². The van der Waals surface area contributed by atoms with Crippen LogP contribution in [0.15, 0.2) is 41.2 Å². The Hall–Kier alpha value is -3.96. The molecule has 3 N–H and O–H groups in total. The smallest absolute Gasteiger partial charge is 0.382 e. The van der Waals surface area contributed by atoms with Gasteiger partial charge in [0.1, 0.15) is 28.8 Å². The first-order valence-corrected chi connectivity index (χ1v) is 10.8. The minimum atomic E-state index is -4.53. The van der Waals surface area contributed by atoms with Gasteiger partial charge in [0.05, 0.1) is 6.42 Å². The van der Waals surface area contributed by atoms with Crippen molar-refractivity contribution in [1.82, 2.24) is 24.7 Å². The summed E-state index contributed by atoms with van der Waals surface area (Å²) in [6, 6.07) is 8.21. The van der Waals surface area contributed by atoms with Gasteiger partial charge in [-0.05, 0) is 19.4 Å². The molecule has 0 aliphatic carbocycles. The lowest BCUT2D eigenvalue weighted by Crippen LogP contribution is -2.35. The van der Waals surface area contributed by atoms with Gasteiger partial charge in [0.25, 0.3) is 0 Å². The molecule has 35 heavy (non-hydrogen) atoms. The zero-order valence-electron chi connectivity index (χ0n) is 19.5. The molecule has 12 heteroatoms. The first-order chi connectivity index (χ1) is 16.4. The van der Waals surface area contributed by atoms with Crippen LogP contribution in [0.5, 0.6) is 0 Å². The van der Waals surface area contributed by atoms with Gasteiger partial charge < -0.3 is 15.6 Å². The van der Waals surface area contributed by atoms with Crippen molar-refractivity contribution >= 4 is 23.1 Å². The van der Waals surface area contributed by atoms with Gasteiger partial charge in [0.15, 0.2) is 17.4 Å². The van der Waals surface area contributed by atoms with Crippen LogP contribution in [-0.2, 0) is 16.6 Å². The maximum absolute atomic E-state index is 13.2. The minimum Gasteiger partial charge on any atom is -0.382 e. The number of fused-ring (bicyclic) bond motifs is 1. The fourth-order valence-corrected chi connectivity index (χ4v) is 3.47. The molecule has 0 fully saturated rings. The Kier molecular flexibility index (Phi) is 5.99. The predicted octanol–water partition coefficient (Wildman–Crippen LogP) is 4.51. The van der Waals surface area contributed by atoms with Gasteiger partial charge >= 0.3 is 6.18 Å². The number of rotatable bonds is 6. The number of nitrogen functional groups attached to an aromatic ring is 1. The highest BCUT2D eigenvalue weighted by Crippen LogP contribution is 2.41. The largest absolute Gasteiger partial charge is 0.401 e. The van der Waals surface area contributed by atoms with E-state index in [1.807, 2.05) is 26.0 Å². The summed E-state index contributed by atoms with van der Waals surface area (Å²) in [6.07, 6.45) is -3.16. The molecule has 0 unspecified atom stereocenters. The Morgan fingerprint density at radius 2 is 1.89 bits per heavy atom. The summed E-state index contributed by atoms with van der Waals surface area (Å²) in [7, 11) is 0. The summed E-state index contributed by atoms with van der Waals surface area (Å²) in [6.45, 7) is 5.96. The van der Waals surface area contributed by atoms with Crippen LogP contribution in [-0.4, -0.2) is 36.8 Å². The highest BCUT2D eigenvalue weighted by Gasteiger charge is 2.51. The molecule has 0 saturated carbocycles. The number of halogens is 3. The normalized spacial score (nSPS) is 12.5. The Labute approximate surface area is 198 Å². The lowest BCUT2D eigenvalue weighted by atomic mass is 9.89. The first-order valence-electron chi connectivity index (χ1n) is 10.8. The Balaban J connectivity index is 1.50. The second kappa shape index (κ2) is 8.67. The molecule has 1 aromatic carbocycles. The lowest BCUT2D eigenvalue weighted by molar-refractivity contribution is -0.185. The van der Waals surface area contributed by atoms with Crippen LogP contribution >= 0.6 is 0 Å². The number of hydrogen-bond acceptors (Lipinski definition) is 7. The molecule has 0 aliphatic heterocycles. The average molecular weight is 487 g/mol. The molecule has 3 heterocycles. The Morgan fingerprint density at radius 3 is 2.51 bits per heavy atom. The highest BCUT2D eigenvalue weighted by molar-refractivity contribution is 5.91. The van der Waals surface area contributed by atoms with Gasteiger partial charge in [-0.1, -0.05) is 43.3 Å². The molecule has 1 amide bonds. The highest BCUT2D eigenvalue weighted by atomic mass is 19.4. The number of nitrogens with one attached hydrogen (secondary N) is 1. The number of carbonyl (C=O) groups excluding carboxylic acids is 1. The number of anilines is 2. The Morgan fingerprint density at radius 1 is 1.20 bits per heavy atom. The molecule has 184 valence electrons. The van der Waals surface area contributed by atoms with E-state index in [2.05, 4.69) is 20.6 Å². The zero-order valence-corrected chi connectivity index (χ0v) is 19.5.